The summed E-state index contributed by atoms with van der Waals surface area (Å²) in [6.07, 6.45) is 6.08. The van der Waals surface area contributed by atoms with E-state index in [9.17, 15) is 0 Å². The van der Waals surface area contributed by atoms with Crippen molar-refractivity contribution in [1.82, 2.24) is 0 Å². The van der Waals surface area contributed by atoms with Gasteiger partial charge in [-0.05, 0) is 58.3 Å². The molecule has 0 bridgehead atoms. The lowest BCUT2D eigenvalue weighted by atomic mass is 9.81. The van der Waals surface area contributed by atoms with Crippen molar-refractivity contribution in [3.8, 4) is 5.75 Å². The van der Waals surface area contributed by atoms with E-state index in [0.717, 1.165) is 23.2 Å². The molecule has 1 atom stereocenters. The van der Waals surface area contributed by atoms with Gasteiger partial charge in [0.2, 0.25) is 0 Å². The van der Waals surface area contributed by atoms with Crippen molar-refractivity contribution in [2.75, 3.05) is 6.61 Å². The van der Waals surface area contributed by atoms with Gasteiger partial charge in [0.1, 0.15) is 5.75 Å². The molecule has 0 spiro atoms. The summed E-state index contributed by atoms with van der Waals surface area (Å²) in [4.78, 5) is 0. The largest absolute Gasteiger partial charge is 0.492 e. The Bertz CT molecular complexity index is 427. The number of rotatable bonds is 5. The minimum Gasteiger partial charge on any atom is -0.492 e. The monoisotopic (exact) mass is 344 g/mol. The fraction of sp³-hybridized carbons (Fsp3) is 0.625. The van der Waals surface area contributed by atoms with Crippen LogP contribution in [0.5, 0.6) is 5.75 Å². The van der Waals surface area contributed by atoms with Gasteiger partial charge in [0, 0.05) is 0 Å². The maximum Gasteiger partial charge on any atom is 0.133 e. The summed E-state index contributed by atoms with van der Waals surface area (Å²) >= 11 is 10.3. The van der Waals surface area contributed by atoms with Gasteiger partial charge >= 0.3 is 0 Å². The molecule has 0 N–H and O–H groups in total. The lowest BCUT2D eigenvalue weighted by Crippen LogP contribution is -2.18. The summed E-state index contributed by atoms with van der Waals surface area (Å²) in [5.41, 5.74) is 1.44. The minimum atomic E-state index is 0.0894. The standard InChI is InChI=1S/C16H22BrClO/c1-3-10-19-14-7-6-12(11-13(14)17)15(18)16(2)8-4-5-9-16/h6-7,11,15H,3-5,8-10H2,1-2H3. The average molecular weight is 346 g/mol. The second-order valence-corrected chi connectivity index (χ2v) is 7.05. The Hall–Kier alpha value is -0.210. The van der Waals surface area contributed by atoms with Gasteiger partial charge in [-0.3, -0.25) is 0 Å². The molecular weight excluding hydrogens is 324 g/mol. The van der Waals surface area contributed by atoms with Crippen LogP contribution in [0.2, 0.25) is 0 Å². The molecule has 0 radical (unpaired) electrons. The highest BCUT2D eigenvalue weighted by Gasteiger charge is 2.36. The second kappa shape index (κ2) is 6.49. The molecule has 1 fully saturated rings. The van der Waals surface area contributed by atoms with Crippen molar-refractivity contribution in [3.05, 3.63) is 28.2 Å². The van der Waals surface area contributed by atoms with E-state index in [4.69, 9.17) is 16.3 Å². The Morgan fingerprint density at radius 1 is 1.37 bits per heavy atom. The fourth-order valence-electron chi connectivity index (χ4n) is 2.84. The molecule has 1 aromatic rings. The van der Waals surface area contributed by atoms with Crippen LogP contribution in [-0.4, -0.2) is 6.61 Å². The third kappa shape index (κ3) is 3.46. The van der Waals surface area contributed by atoms with E-state index in [1.165, 1.54) is 31.2 Å². The zero-order chi connectivity index (χ0) is 13.9. The molecule has 1 saturated carbocycles. The van der Waals surface area contributed by atoms with E-state index in [1.54, 1.807) is 0 Å². The van der Waals surface area contributed by atoms with E-state index in [2.05, 4.69) is 41.9 Å². The Labute approximate surface area is 129 Å². The maximum absolute atomic E-state index is 6.72. The van der Waals surface area contributed by atoms with Crippen molar-refractivity contribution in [3.63, 3.8) is 0 Å². The van der Waals surface area contributed by atoms with Gasteiger partial charge in [0.15, 0.2) is 0 Å². The predicted molar refractivity (Wildman–Crippen MR) is 85.1 cm³/mol. The molecule has 1 aliphatic rings. The molecule has 19 heavy (non-hydrogen) atoms. The number of ether oxygens (including phenoxy) is 1. The normalized spacial score (nSPS) is 19.4. The lowest BCUT2D eigenvalue weighted by molar-refractivity contribution is 0.312. The first kappa shape index (κ1) is 15.2. The second-order valence-electron chi connectivity index (χ2n) is 5.76. The molecule has 0 amide bonds. The van der Waals surface area contributed by atoms with Crippen LogP contribution in [0.3, 0.4) is 0 Å². The van der Waals surface area contributed by atoms with Gasteiger partial charge in [0.05, 0.1) is 16.5 Å². The first-order valence-corrected chi connectivity index (χ1v) is 8.36. The fourth-order valence-corrected chi connectivity index (χ4v) is 3.71. The van der Waals surface area contributed by atoms with Crippen LogP contribution < -0.4 is 4.74 Å². The molecule has 0 heterocycles. The zero-order valence-electron chi connectivity index (χ0n) is 11.7. The topological polar surface area (TPSA) is 9.23 Å². The third-order valence-corrected chi connectivity index (χ3v) is 5.47. The quantitative estimate of drug-likeness (QED) is 0.586. The first-order valence-electron chi connectivity index (χ1n) is 7.13. The predicted octanol–water partition coefficient (Wildman–Crippen LogP) is 6.10. The minimum absolute atomic E-state index is 0.0894. The summed E-state index contributed by atoms with van der Waals surface area (Å²) in [5.74, 6) is 0.908. The summed E-state index contributed by atoms with van der Waals surface area (Å²) < 4.78 is 6.69. The Morgan fingerprint density at radius 3 is 2.63 bits per heavy atom. The van der Waals surface area contributed by atoms with Crippen molar-refractivity contribution in [2.45, 2.75) is 51.3 Å². The molecule has 1 unspecified atom stereocenters. The van der Waals surface area contributed by atoms with E-state index in [-0.39, 0.29) is 10.8 Å². The molecule has 106 valence electrons. The summed E-state index contributed by atoms with van der Waals surface area (Å²) in [5, 5.41) is 0.0894. The molecule has 1 aromatic carbocycles. The molecule has 1 aliphatic carbocycles. The van der Waals surface area contributed by atoms with Crippen LogP contribution in [0.1, 0.15) is 56.9 Å². The first-order chi connectivity index (χ1) is 9.07. The molecular formula is C16H22BrClO. The number of hydrogen-bond donors (Lipinski definition) is 0. The smallest absolute Gasteiger partial charge is 0.133 e. The summed E-state index contributed by atoms with van der Waals surface area (Å²) in [6.45, 7) is 5.17. The van der Waals surface area contributed by atoms with E-state index in [1.807, 2.05) is 6.07 Å². The number of alkyl halides is 1. The van der Waals surface area contributed by atoms with Gasteiger partial charge in [-0.2, -0.15) is 0 Å². The van der Waals surface area contributed by atoms with Gasteiger partial charge in [-0.25, -0.2) is 0 Å². The van der Waals surface area contributed by atoms with Crippen LogP contribution >= 0.6 is 27.5 Å². The highest BCUT2D eigenvalue weighted by molar-refractivity contribution is 9.10. The van der Waals surface area contributed by atoms with E-state index in [0.29, 0.717) is 0 Å². The Kier molecular flexibility index (Phi) is 5.19. The van der Waals surface area contributed by atoms with Gasteiger partial charge in [-0.15, -0.1) is 11.6 Å². The zero-order valence-corrected chi connectivity index (χ0v) is 14.1. The molecule has 2 rings (SSSR count). The van der Waals surface area contributed by atoms with Crippen molar-refractivity contribution in [2.24, 2.45) is 5.41 Å². The average Bonchev–Trinajstić information content (AvgIpc) is 2.84. The van der Waals surface area contributed by atoms with Crippen LogP contribution in [0.4, 0.5) is 0 Å². The van der Waals surface area contributed by atoms with Crippen molar-refractivity contribution >= 4 is 27.5 Å². The summed E-state index contributed by atoms with van der Waals surface area (Å²) in [7, 11) is 0. The van der Waals surface area contributed by atoms with E-state index >= 15 is 0 Å². The molecule has 1 nitrogen and oxygen atoms in total. The summed E-state index contributed by atoms with van der Waals surface area (Å²) in [6, 6.07) is 6.26. The van der Waals surface area contributed by atoms with Gasteiger partial charge in [0.25, 0.3) is 0 Å². The Balaban J connectivity index is 2.14. The SMILES string of the molecule is CCCOc1ccc(C(Cl)C2(C)CCCC2)cc1Br. The number of halogens is 2. The molecule has 3 heteroatoms. The van der Waals surface area contributed by atoms with Crippen LogP contribution in [0, 0.1) is 5.41 Å². The van der Waals surface area contributed by atoms with Gasteiger partial charge in [-0.1, -0.05) is 32.8 Å². The van der Waals surface area contributed by atoms with Gasteiger partial charge < -0.3 is 4.74 Å². The molecule has 0 saturated heterocycles. The maximum atomic E-state index is 6.72. The van der Waals surface area contributed by atoms with E-state index < -0.39 is 0 Å². The lowest BCUT2D eigenvalue weighted by Gasteiger charge is -2.30. The molecule has 0 aliphatic heterocycles. The van der Waals surface area contributed by atoms with Crippen molar-refractivity contribution < 1.29 is 4.74 Å². The van der Waals surface area contributed by atoms with Crippen LogP contribution in [-0.2, 0) is 0 Å². The third-order valence-electron chi connectivity index (χ3n) is 4.07. The Morgan fingerprint density at radius 2 is 2.05 bits per heavy atom. The molecule has 0 aromatic heterocycles. The number of benzene rings is 1. The number of hydrogen-bond acceptors (Lipinski definition) is 1. The highest BCUT2D eigenvalue weighted by Crippen LogP contribution is 2.51. The van der Waals surface area contributed by atoms with Crippen LogP contribution in [0.15, 0.2) is 22.7 Å². The van der Waals surface area contributed by atoms with Crippen molar-refractivity contribution in [1.29, 1.82) is 0 Å². The highest BCUT2D eigenvalue weighted by atomic mass is 79.9. The van der Waals surface area contributed by atoms with Crippen LogP contribution in [0.25, 0.3) is 0 Å².